The molecule has 0 bridgehead atoms. The molecule has 26 rings (SSSR count). The maximum Gasteiger partial charge on any atom is 0.0714 e. The van der Waals surface area contributed by atoms with E-state index in [0.29, 0.717) is 11.8 Å². The van der Waals surface area contributed by atoms with Gasteiger partial charge in [-0.2, -0.15) is 0 Å². The van der Waals surface area contributed by atoms with Gasteiger partial charge in [0.2, 0.25) is 0 Å². The molecule has 0 spiro atoms. The number of para-hydroxylation sites is 3. The van der Waals surface area contributed by atoms with Gasteiger partial charge in [-0.15, -0.1) is 0 Å². The van der Waals surface area contributed by atoms with Crippen LogP contribution in [0.15, 0.2) is 510 Å². The first-order valence-electron chi connectivity index (χ1n) is 46.7. The number of benzene rings is 21. The number of hydrogen-bond donors (Lipinski definition) is 0. The van der Waals surface area contributed by atoms with E-state index in [2.05, 4.69) is 542 Å². The molecule has 4 heteroatoms. The summed E-state index contributed by atoms with van der Waals surface area (Å²) in [4.78, 5) is 4.86. The van der Waals surface area contributed by atoms with Crippen molar-refractivity contribution >= 4 is 110 Å². The van der Waals surface area contributed by atoms with E-state index in [9.17, 15) is 0 Å². The summed E-state index contributed by atoms with van der Waals surface area (Å²) in [6.45, 7) is 4.84. The molecule has 0 aliphatic heterocycles. The Morgan fingerprint density at radius 2 is 0.590 bits per heavy atom. The fraction of sp³-hybridized carbons (Fsp3) is 0.0462. The summed E-state index contributed by atoms with van der Waals surface area (Å²) >= 11 is 0. The standard InChI is InChI=1S/C65H48N2.C65H44N2/c1-65(2)60-25-9-7-23-56(60)57-36-35-54(42-61(57)65)66(52-33-30-44(31-34-52)50-29-28-43-14-3-4-16-46(43)38-50)53-21-12-20-49(40-53)47-18-11-19-48(39-47)51-32-37-64-59(41-51)58-24-8-10-26-63(58)67(64)62-27-13-17-45-15-5-6-22-55(45)62;1-4-24-50(25-5-1)65(51-26-6-2-7-27-51)60-34-14-12-32-56(60)57-39-38-54(44-61(57)65)66(52-28-8-3-9-29-52)53-30-17-23-48(42-53)46-21-16-22-47(41-46)49-37-40-64-59(43-49)58-33-13-15-35-63(58)67(64)62-36-18-20-45-19-10-11-31-55(45)62/h3-42,56,60H,1-2H3;1-44H. The Morgan fingerprint density at radius 1 is 0.216 bits per heavy atom. The quantitative estimate of drug-likeness (QED) is 0.102. The topological polar surface area (TPSA) is 16.3 Å². The molecular weight excluding hydrogens is 1620 g/mol. The summed E-state index contributed by atoms with van der Waals surface area (Å²) in [5.74, 6) is 0.842. The van der Waals surface area contributed by atoms with Crippen molar-refractivity contribution in [3.63, 3.8) is 0 Å². The first-order valence-corrected chi connectivity index (χ1v) is 46.7. The van der Waals surface area contributed by atoms with E-state index in [1.165, 1.54) is 188 Å². The van der Waals surface area contributed by atoms with Crippen LogP contribution in [0.5, 0.6) is 0 Å². The van der Waals surface area contributed by atoms with Crippen molar-refractivity contribution in [2.75, 3.05) is 9.80 Å². The van der Waals surface area contributed by atoms with Crippen LogP contribution in [0.4, 0.5) is 34.1 Å². The largest absolute Gasteiger partial charge is 0.310 e. The fourth-order valence-corrected chi connectivity index (χ4v) is 22.6. The van der Waals surface area contributed by atoms with Crippen molar-refractivity contribution in [3.8, 4) is 78.1 Å². The molecule has 2 heterocycles. The highest BCUT2D eigenvalue weighted by Crippen LogP contribution is 2.59. The minimum absolute atomic E-state index is 0.000976. The third kappa shape index (κ3) is 13.3. The molecule has 2 atom stereocenters. The van der Waals surface area contributed by atoms with Crippen molar-refractivity contribution in [1.82, 2.24) is 9.13 Å². The first-order chi connectivity index (χ1) is 66.2. The van der Waals surface area contributed by atoms with Gasteiger partial charge in [-0.25, -0.2) is 0 Å². The van der Waals surface area contributed by atoms with Crippen LogP contribution in [0, 0.1) is 5.92 Å². The Bertz CT molecular complexity index is 8570. The molecule has 3 aliphatic rings. The molecule has 0 amide bonds. The maximum absolute atomic E-state index is 2.47. The van der Waals surface area contributed by atoms with Crippen molar-refractivity contribution in [1.29, 1.82) is 0 Å². The molecule has 4 nitrogen and oxygen atoms in total. The highest BCUT2D eigenvalue weighted by atomic mass is 15.1. The molecule has 0 saturated heterocycles. The second kappa shape index (κ2) is 32.6. The summed E-state index contributed by atoms with van der Waals surface area (Å²) in [6, 6.07) is 179. The number of hydrogen-bond acceptors (Lipinski definition) is 2. The van der Waals surface area contributed by atoms with Gasteiger partial charge in [0.1, 0.15) is 0 Å². The third-order valence-electron chi connectivity index (χ3n) is 28.9. The lowest BCUT2D eigenvalue weighted by atomic mass is 9.67. The van der Waals surface area contributed by atoms with Gasteiger partial charge in [0.25, 0.3) is 0 Å². The lowest BCUT2D eigenvalue weighted by Crippen LogP contribution is -2.28. The zero-order valence-electron chi connectivity index (χ0n) is 74.4. The van der Waals surface area contributed by atoms with Gasteiger partial charge in [0.15, 0.2) is 0 Å². The van der Waals surface area contributed by atoms with Crippen LogP contribution in [0.25, 0.3) is 154 Å². The highest BCUT2D eigenvalue weighted by Gasteiger charge is 2.47. The molecule has 23 aromatic rings. The Balaban J connectivity index is 0.000000143. The molecule has 3 aliphatic carbocycles. The number of fused-ring (bicyclic) bond motifs is 15. The van der Waals surface area contributed by atoms with Crippen LogP contribution >= 0.6 is 0 Å². The van der Waals surface area contributed by atoms with E-state index in [-0.39, 0.29) is 5.41 Å². The van der Waals surface area contributed by atoms with Gasteiger partial charge < -0.3 is 18.9 Å². The van der Waals surface area contributed by atoms with Gasteiger partial charge >= 0.3 is 0 Å². The summed E-state index contributed by atoms with van der Waals surface area (Å²) in [5.41, 5.74) is 35.8. The molecule has 134 heavy (non-hydrogen) atoms. The van der Waals surface area contributed by atoms with Crippen LogP contribution < -0.4 is 9.80 Å². The second-order valence-corrected chi connectivity index (χ2v) is 36.6. The highest BCUT2D eigenvalue weighted by molar-refractivity contribution is 6.14. The summed E-state index contributed by atoms with van der Waals surface area (Å²) in [6.07, 6.45) is 9.24. The average Bonchev–Trinajstić information content (AvgIpc) is 1.54. The summed E-state index contributed by atoms with van der Waals surface area (Å²) in [7, 11) is 0. The zero-order chi connectivity index (χ0) is 89.0. The molecule has 2 aromatic heterocycles. The van der Waals surface area contributed by atoms with Gasteiger partial charge in [0.05, 0.1) is 38.9 Å². The summed E-state index contributed by atoms with van der Waals surface area (Å²) in [5, 5.41) is 12.5. The van der Waals surface area contributed by atoms with Gasteiger partial charge in [-0.05, 0) is 273 Å². The Labute approximate surface area is 781 Å². The molecule has 0 radical (unpaired) electrons. The molecule has 21 aromatic carbocycles. The van der Waals surface area contributed by atoms with Gasteiger partial charge in [0, 0.05) is 72.4 Å². The summed E-state index contributed by atoms with van der Waals surface area (Å²) < 4.78 is 4.87. The molecule has 0 saturated carbocycles. The van der Waals surface area contributed by atoms with E-state index in [4.69, 9.17) is 0 Å². The molecule has 0 N–H and O–H groups in total. The molecule has 632 valence electrons. The predicted octanol–water partition coefficient (Wildman–Crippen LogP) is 34.8. The van der Waals surface area contributed by atoms with E-state index >= 15 is 0 Å². The maximum atomic E-state index is 2.47. The first kappa shape index (κ1) is 79.3. The van der Waals surface area contributed by atoms with Crippen molar-refractivity contribution < 1.29 is 0 Å². The van der Waals surface area contributed by atoms with E-state index < -0.39 is 5.41 Å². The van der Waals surface area contributed by atoms with Gasteiger partial charge in [-0.1, -0.05) is 384 Å². The Morgan fingerprint density at radius 3 is 1.16 bits per heavy atom. The SMILES string of the molecule is CC1(C)c2cc(N(c3ccc(-c4ccc5ccccc5c4)cc3)c3cccc(-c4cccc(-c5ccc6c(c5)c5ccccc5n6-c5cccc6ccccc56)c4)c3)ccc2C2C=CC=CC21.c1ccc(N(c2cccc(-c3cccc(-c4ccc5c(c4)c4ccccc4n5-c4cccc5ccccc45)c3)c2)c2ccc3c(c2)C(c2ccccc2)(c2ccccc2)c2ccccc2-3)cc1. The van der Waals surface area contributed by atoms with E-state index in [1.54, 1.807) is 0 Å². The number of aromatic nitrogens is 2. The number of anilines is 6. The van der Waals surface area contributed by atoms with Crippen LogP contribution in [0.2, 0.25) is 0 Å². The number of nitrogens with zero attached hydrogens (tertiary/aromatic N) is 4. The minimum atomic E-state index is -0.497. The monoisotopic (exact) mass is 1710 g/mol. The molecule has 2 unspecified atom stereocenters. The smallest absolute Gasteiger partial charge is 0.0714 e. The number of allylic oxidation sites excluding steroid dienone is 4. The van der Waals surface area contributed by atoms with Crippen molar-refractivity contribution in [2.24, 2.45) is 5.92 Å². The predicted molar refractivity (Wildman–Crippen MR) is 565 cm³/mol. The molecular formula is C130H92N4. The van der Waals surface area contributed by atoms with Crippen molar-refractivity contribution in [3.05, 3.63) is 543 Å². The normalized spacial score (nSPS) is 14.3. The second-order valence-electron chi connectivity index (χ2n) is 36.6. The minimum Gasteiger partial charge on any atom is -0.310 e. The molecule has 0 fully saturated rings. The van der Waals surface area contributed by atoms with Gasteiger partial charge in [-0.3, -0.25) is 0 Å². The fourth-order valence-electron chi connectivity index (χ4n) is 22.6. The number of rotatable bonds is 15. The van der Waals surface area contributed by atoms with Crippen LogP contribution in [-0.2, 0) is 10.8 Å². The lowest BCUT2D eigenvalue weighted by molar-refractivity contribution is 0.394. The lowest BCUT2D eigenvalue weighted by Gasteiger charge is -2.35. The zero-order valence-corrected chi connectivity index (χ0v) is 74.4. The van der Waals surface area contributed by atoms with E-state index in [0.717, 1.165) is 34.0 Å². The Hall–Kier alpha value is -16.9. The van der Waals surface area contributed by atoms with Crippen LogP contribution in [-0.4, -0.2) is 9.13 Å². The van der Waals surface area contributed by atoms with E-state index in [1.807, 2.05) is 0 Å². The average molecular weight is 1710 g/mol. The third-order valence-corrected chi connectivity index (χ3v) is 28.9. The van der Waals surface area contributed by atoms with Crippen LogP contribution in [0.3, 0.4) is 0 Å². The Kier molecular flexibility index (Phi) is 19.3. The van der Waals surface area contributed by atoms with Crippen molar-refractivity contribution in [2.45, 2.75) is 30.6 Å². The van der Waals surface area contributed by atoms with Crippen LogP contribution in [0.1, 0.15) is 53.1 Å².